The lowest BCUT2D eigenvalue weighted by molar-refractivity contribution is -0.122. The molecule has 0 spiro atoms. The summed E-state index contributed by atoms with van der Waals surface area (Å²) in [6.07, 6.45) is 7.88. The van der Waals surface area contributed by atoms with E-state index >= 15 is 0 Å². The van der Waals surface area contributed by atoms with E-state index in [2.05, 4.69) is 27.5 Å². The maximum Gasteiger partial charge on any atom is 0.312 e. The van der Waals surface area contributed by atoms with E-state index in [4.69, 9.17) is 25.1 Å². The molecule has 234 valence electrons. The number of carbonyl (C=O) groups is 2. The minimum Gasteiger partial charge on any atom is -0.493 e. The number of urea groups is 1. The first-order valence-corrected chi connectivity index (χ1v) is 15.3. The van der Waals surface area contributed by atoms with Crippen molar-refractivity contribution in [2.24, 2.45) is 5.73 Å². The summed E-state index contributed by atoms with van der Waals surface area (Å²) in [6, 6.07) is 8.53. The van der Waals surface area contributed by atoms with Crippen LogP contribution in [0.5, 0.6) is 11.6 Å². The van der Waals surface area contributed by atoms with Crippen LogP contribution in [0.25, 0.3) is 11.1 Å². The van der Waals surface area contributed by atoms with Gasteiger partial charge in [0.25, 0.3) is 6.47 Å². The van der Waals surface area contributed by atoms with Crippen molar-refractivity contribution in [3.8, 4) is 22.8 Å². The summed E-state index contributed by atoms with van der Waals surface area (Å²) in [5, 5.41) is 12.5. The molecular formula is C29H37F2N5O6S. The van der Waals surface area contributed by atoms with Crippen molar-refractivity contribution in [1.82, 2.24) is 15.3 Å². The quantitative estimate of drug-likeness (QED) is 0.206. The number of carbonyl (C=O) groups excluding carboxylic acids is 1. The number of benzene rings is 1. The first-order chi connectivity index (χ1) is 20.7. The second-order valence-corrected chi connectivity index (χ2v) is 10.7. The van der Waals surface area contributed by atoms with Crippen LogP contribution in [0.15, 0.2) is 42.6 Å². The van der Waals surface area contributed by atoms with E-state index in [1.54, 1.807) is 18.4 Å². The SMILES string of the molecule is CCCCCCNC(N)=O.CS(=O)Cc1cc2nc(c1)OCCCOc1cc(F)ccc1-c1cc(ncc1F)N2.O=CO. The van der Waals surface area contributed by atoms with E-state index in [1.165, 1.54) is 43.5 Å². The number of pyridine rings is 2. The van der Waals surface area contributed by atoms with E-state index in [0.29, 0.717) is 41.9 Å². The fraction of sp³-hybridized carbons (Fsp3) is 0.379. The fourth-order valence-electron chi connectivity index (χ4n) is 3.88. The number of amides is 2. The van der Waals surface area contributed by atoms with Crippen molar-refractivity contribution in [3.63, 3.8) is 0 Å². The second kappa shape index (κ2) is 19.0. The third kappa shape index (κ3) is 13.0. The van der Waals surface area contributed by atoms with Gasteiger partial charge in [0.05, 0.1) is 19.4 Å². The molecule has 5 N–H and O–H groups in total. The Morgan fingerprint density at radius 2 is 1.86 bits per heavy atom. The highest BCUT2D eigenvalue weighted by atomic mass is 32.2. The minimum atomic E-state index is -1.04. The number of unbranched alkanes of at least 4 members (excludes halogenated alkanes) is 3. The second-order valence-electron chi connectivity index (χ2n) is 9.24. The number of aromatic nitrogens is 2. The summed E-state index contributed by atoms with van der Waals surface area (Å²) in [4.78, 5) is 27.0. The molecule has 43 heavy (non-hydrogen) atoms. The molecule has 0 saturated carbocycles. The number of primary amides is 1. The van der Waals surface area contributed by atoms with Crippen LogP contribution in [0.1, 0.15) is 44.6 Å². The third-order valence-corrected chi connectivity index (χ3v) is 6.44. The average molecular weight is 622 g/mol. The van der Waals surface area contributed by atoms with Crippen molar-refractivity contribution < 1.29 is 37.2 Å². The van der Waals surface area contributed by atoms with Gasteiger partial charge in [-0.1, -0.05) is 26.2 Å². The molecular weight excluding hydrogens is 584 g/mol. The monoisotopic (exact) mass is 621 g/mol. The number of nitrogens with two attached hydrogens (primary N) is 1. The molecule has 1 unspecified atom stereocenters. The molecule has 1 atom stereocenters. The van der Waals surface area contributed by atoms with E-state index in [0.717, 1.165) is 24.7 Å². The lowest BCUT2D eigenvalue weighted by Crippen LogP contribution is -2.29. The van der Waals surface area contributed by atoms with E-state index in [9.17, 15) is 17.8 Å². The molecule has 1 aliphatic heterocycles. The van der Waals surface area contributed by atoms with Gasteiger partial charge in [-0.25, -0.2) is 18.6 Å². The fourth-order valence-corrected chi connectivity index (χ4v) is 4.52. The standard InChI is InChI=1S/C21H19F2N3O3S.C7H16N2O.CH2O2/c1-30(27)12-13-7-20-25-19-10-16(17(23)11-24-19)15-4-3-14(22)9-18(15)28-5-2-6-29-21(8-13)26-20;1-2-3-4-5-6-9-7(8)10;2-1-3/h3-4,7-11H,2,5-6,12H2,1H3,(H,24,25,26);2-6H2,1H3,(H3,8,9,10);1H,(H,2,3). The molecule has 0 aliphatic carbocycles. The molecule has 11 nitrogen and oxygen atoms in total. The highest BCUT2D eigenvalue weighted by Gasteiger charge is 2.16. The molecule has 4 rings (SSSR count). The smallest absolute Gasteiger partial charge is 0.312 e. The van der Waals surface area contributed by atoms with Crippen LogP contribution in [-0.2, 0) is 21.3 Å². The maximum absolute atomic E-state index is 14.6. The molecule has 3 aromatic rings. The van der Waals surface area contributed by atoms with Crippen LogP contribution in [0.4, 0.5) is 25.2 Å². The number of fused-ring (bicyclic) bond motifs is 6. The molecule has 14 heteroatoms. The van der Waals surface area contributed by atoms with Crippen molar-refractivity contribution >= 4 is 34.9 Å². The first-order valence-electron chi connectivity index (χ1n) is 13.6. The molecule has 4 bridgehead atoms. The van der Waals surface area contributed by atoms with E-state index in [1.807, 2.05) is 0 Å². The van der Waals surface area contributed by atoms with Gasteiger partial charge in [-0.15, -0.1) is 0 Å². The van der Waals surface area contributed by atoms with Gasteiger partial charge < -0.3 is 30.9 Å². The van der Waals surface area contributed by atoms with Gasteiger partial charge in [0, 0.05) is 59.0 Å². The largest absolute Gasteiger partial charge is 0.493 e. The Labute approximate surface area is 251 Å². The summed E-state index contributed by atoms with van der Waals surface area (Å²) in [5.74, 6) is 0.698. The number of nitrogens with zero attached hydrogens (tertiary/aromatic N) is 2. The average Bonchev–Trinajstić information content (AvgIpc) is 2.94. The highest BCUT2D eigenvalue weighted by molar-refractivity contribution is 7.83. The Balaban J connectivity index is 0.000000420. The predicted octanol–water partition coefficient (Wildman–Crippen LogP) is 5.14. The van der Waals surface area contributed by atoms with Crippen LogP contribution >= 0.6 is 0 Å². The van der Waals surface area contributed by atoms with Gasteiger partial charge in [0.1, 0.15) is 29.0 Å². The van der Waals surface area contributed by atoms with E-state index < -0.39 is 28.5 Å². The Morgan fingerprint density at radius 1 is 1.12 bits per heavy atom. The number of rotatable bonds is 7. The van der Waals surface area contributed by atoms with Crippen molar-refractivity contribution in [2.75, 3.05) is 31.3 Å². The highest BCUT2D eigenvalue weighted by Crippen LogP contribution is 2.34. The zero-order valence-corrected chi connectivity index (χ0v) is 24.9. The van der Waals surface area contributed by atoms with Crippen LogP contribution in [0.3, 0.4) is 0 Å². The number of ether oxygens (including phenoxy) is 2. The summed E-state index contributed by atoms with van der Waals surface area (Å²) < 4.78 is 51.4. The lowest BCUT2D eigenvalue weighted by Gasteiger charge is -2.16. The van der Waals surface area contributed by atoms with Crippen molar-refractivity contribution in [1.29, 1.82) is 0 Å². The summed E-state index contributed by atoms with van der Waals surface area (Å²) >= 11 is 0. The molecule has 0 radical (unpaired) electrons. The molecule has 0 fully saturated rings. The Hall–Kier alpha value is -4.33. The Bertz CT molecular complexity index is 1360. The number of anilines is 2. The van der Waals surface area contributed by atoms with Crippen LogP contribution in [0, 0.1) is 11.6 Å². The summed E-state index contributed by atoms with van der Waals surface area (Å²) in [6.45, 7) is 3.18. The number of hydrogen-bond acceptors (Lipinski definition) is 8. The van der Waals surface area contributed by atoms with Gasteiger partial charge in [-0.3, -0.25) is 9.00 Å². The molecule has 1 aromatic carbocycles. The zero-order chi connectivity index (χ0) is 31.6. The number of carboxylic acid groups (broad SMARTS) is 1. The molecule has 1 aliphatic rings. The summed E-state index contributed by atoms with van der Waals surface area (Å²) in [7, 11) is -1.04. The molecule has 2 aromatic heterocycles. The Morgan fingerprint density at radius 3 is 2.56 bits per heavy atom. The van der Waals surface area contributed by atoms with Gasteiger partial charge in [0.15, 0.2) is 0 Å². The molecule has 0 saturated heterocycles. The van der Waals surface area contributed by atoms with Gasteiger partial charge in [0.2, 0.25) is 5.88 Å². The van der Waals surface area contributed by atoms with Gasteiger partial charge in [-0.05, 0) is 36.2 Å². The summed E-state index contributed by atoms with van der Waals surface area (Å²) in [5.41, 5.74) is 6.29. The lowest BCUT2D eigenvalue weighted by atomic mass is 10.0. The number of halogens is 2. The molecule has 2 amide bonds. The van der Waals surface area contributed by atoms with Crippen LogP contribution in [0.2, 0.25) is 0 Å². The first kappa shape index (κ1) is 34.9. The van der Waals surface area contributed by atoms with Crippen LogP contribution in [-0.4, -0.2) is 57.8 Å². The topological polar surface area (TPSA) is 166 Å². The molecule has 3 heterocycles. The van der Waals surface area contributed by atoms with Crippen molar-refractivity contribution in [3.05, 3.63) is 59.8 Å². The van der Waals surface area contributed by atoms with Gasteiger partial charge >= 0.3 is 6.03 Å². The number of nitrogens with one attached hydrogen (secondary N) is 2. The normalized spacial score (nSPS) is 12.5. The van der Waals surface area contributed by atoms with Crippen molar-refractivity contribution in [2.45, 2.75) is 44.8 Å². The Kier molecular flexibility index (Phi) is 15.4. The third-order valence-electron chi connectivity index (χ3n) is 5.70. The maximum atomic E-state index is 14.6. The number of hydrogen-bond donors (Lipinski definition) is 4. The zero-order valence-electron chi connectivity index (χ0n) is 24.1. The van der Waals surface area contributed by atoms with Gasteiger partial charge in [-0.2, -0.15) is 4.98 Å². The predicted molar refractivity (Wildman–Crippen MR) is 161 cm³/mol. The van der Waals surface area contributed by atoms with Crippen LogP contribution < -0.4 is 25.8 Å². The van der Waals surface area contributed by atoms with E-state index in [-0.39, 0.29) is 24.4 Å². The minimum absolute atomic E-state index is 0.224.